The van der Waals surface area contributed by atoms with Crippen molar-refractivity contribution in [3.63, 3.8) is 0 Å². The molecule has 2 rings (SSSR count). The molecule has 2 aromatic rings. The van der Waals surface area contributed by atoms with Gasteiger partial charge in [-0.3, -0.25) is 0 Å². The molecule has 15 heavy (non-hydrogen) atoms. The van der Waals surface area contributed by atoms with Crippen molar-refractivity contribution in [1.29, 1.82) is 5.26 Å². The molecule has 0 bridgehead atoms. The molecule has 76 valence electrons. The maximum atomic E-state index is 8.78. The molecule has 0 radical (unpaired) electrons. The number of nitriles is 1. The van der Waals surface area contributed by atoms with Crippen molar-refractivity contribution in [2.24, 2.45) is 0 Å². The lowest BCUT2D eigenvalue weighted by Gasteiger charge is -2.13. The summed E-state index contributed by atoms with van der Waals surface area (Å²) < 4.78 is 1.90. The number of nitrogens with zero attached hydrogens (tertiary/aromatic N) is 3. The molecule has 3 nitrogen and oxygen atoms in total. The van der Waals surface area contributed by atoms with E-state index in [1.54, 1.807) is 12.3 Å². The average Bonchev–Trinajstić information content (AvgIpc) is 2.59. The lowest BCUT2D eigenvalue weighted by atomic mass is 9.93. The molecule has 3 heteroatoms. The van der Waals surface area contributed by atoms with Gasteiger partial charge in [-0.1, -0.05) is 20.8 Å². The van der Waals surface area contributed by atoms with Crippen LogP contribution >= 0.6 is 0 Å². The molecule has 0 aliphatic heterocycles. The topological polar surface area (TPSA) is 41.1 Å². The van der Waals surface area contributed by atoms with Crippen molar-refractivity contribution in [2.75, 3.05) is 0 Å². The van der Waals surface area contributed by atoms with Crippen LogP contribution in [0.1, 0.15) is 32.0 Å². The zero-order chi connectivity index (χ0) is 11.1. The predicted molar refractivity (Wildman–Crippen MR) is 58.6 cm³/mol. The molecular formula is C12H13N3. The van der Waals surface area contributed by atoms with Crippen LogP contribution in [0, 0.1) is 11.3 Å². The Bertz CT molecular complexity index is 538. The Morgan fingerprint density at radius 2 is 2.00 bits per heavy atom. The monoisotopic (exact) mass is 199 g/mol. The molecule has 0 saturated heterocycles. The number of pyridine rings is 1. The first-order valence-electron chi connectivity index (χ1n) is 4.90. The zero-order valence-corrected chi connectivity index (χ0v) is 9.15. The zero-order valence-electron chi connectivity index (χ0n) is 9.15. The van der Waals surface area contributed by atoms with Gasteiger partial charge in [0.2, 0.25) is 0 Å². The summed E-state index contributed by atoms with van der Waals surface area (Å²) in [7, 11) is 0. The maximum absolute atomic E-state index is 8.78. The van der Waals surface area contributed by atoms with Crippen molar-refractivity contribution in [3.8, 4) is 6.07 Å². The molecule has 2 heterocycles. The minimum absolute atomic E-state index is 0.0405. The van der Waals surface area contributed by atoms with Gasteiger partial charge in [-0.15, -0.1) is 0 Å². The second-order valence-corrected chi connectivity index (χ2v) is 4.67. The van der Waals surface area contributed by atoms with Crippen molar-refractivity contribution >= 4 is 5.65 Å². The van der Waals surface area contributed by atoms with Crippen LogP contribution in [0.4, 0.5) is 0 Å². The molecule has 0 N–H and O–H groups in total. The van der Waals surface area contributed by atoms with E-state index >= 15 is 0 Å². The Labute approximate surface area is 89.0 Å². The first kappa shape index (κ1) is 9.72. The fourth-order valence-corrected chi connectivity index (χ4v) is 1.42. The minimum atomic E-state index is 0.0405. The van der Waals surface area contributed by atoms with E-state index in [2.05, 4.69) is 31.8 Å². The third-order valence-electron chi connectivity index (χ3n) is 2.35. The van der Waals surface area contributed by atoms with Gasteiger partial charge in [0.15, 0.2) is 0 Å². The highest BCUT2D eigenvalue weighted by molar-refractivity contribution is 5.44. The van der Waals surface area contributed by atoms with Crippen LogP contribution in [0.2, 0.25) is 0 Å². The van der Waals surface area contributed by atoms with Gasteiger partial charge in [0, 0.05) is 17.8 Å². The maximum Gasteiger partial charge on any atom is 0.137 e. The second-order valence-electron chi connectivity index (χ2n) is 4.67. The second kappa shape index (κ2) is 3.09. The lowest BCUT2D eigenvalue weighted by Crippen LogP contribution is -2.11. The van der Waals surface area contributed by atoms with E-state index < -0.39 is 0 Å². The van der Waals surface area contributed by atoms with Crippen LogP contribution in [0.15, 0.2) is 24.5 Å². The molecule has 0 fully saturated rings. The summed E-state index contributed by atoms with van der Waals surface area (Å²) in [5, 5.41) is 8.78. The summed E-state index contributed by atoms with van der Waals surface area (Å²) in [6.45, 7) is 6.37. The molecule has 0 atom stereocenters. The Morgan fingerprint density at radius 1 is 1.27 bits per heavy atom. The fraction of sp³-hybridized carbons (Fsp3) is 0.333. The number of hydrogen-bond donors (Lipinski definition) is 0. The van der Waals surface area contributed by atoms with E-state index in [-0.39, 0.29) is 5.41 Å². The summed E-state index contributed by atoms with van der Waals surface area (Å²) in [5.74, 6) is 0. The van der Waals surface area contributed by atoms with E-state index in [1.807, 2.05) is 16.7 Å². The molecule has 0 saturated carbocycles. The predicted octanol–water partition coefficient (Wildman–Crippen LogP) is 2.50. The normalized spacial score (nSPS) is 11.6. The summed E-state index contributed by atoms with van der Waals surface area (Å²) in [4.78, 5) is 4.51. The molecule has 0 aromatic carbocycles. The third kappa shape index (κ3) is 1.71. The molecule has 2 aromatic heterocycles. The van der Waals surface area contributed by atoms with Crippen LogP contribution in [0.3, 0.4) is 0 Å². The smallest absolute Gasteiger partial charge is 0.137 e. The van der Waals surface area contributed by atoms with Crippen LogP contribution in [-0.4, -0.2) is 9.38 Å². The van der Waals surface area contributed by atoms with Crippen molar-refractivity contribution in [2.45, 2.75) is 26.2 Å². The van der Waals surface area contributed by atoms with Crippen LogP contribution in [-0.2, 0) is 5.41 Å². The summed E-state index contributed by atoms with van der Waals surface area (Å²) in [6.07, 6.45) is 3.79. The van der Waals surface area contributed by atoms with Gasteiger partial charge in [0.25, 0.3) is 0 Å². The largest absolute Gasteiger partial charge is 0.305 e. The molecule has 0 amide bonds. The number of fused-ring (bicyclic) bond motifs is 1. The van der Waals surface area contributed by atoms with Gasteiger partial charge in [-0.25, -0.2) is 4.98 Å². The van der Waals surface area contributed by atoms with Gasteiger partial charge in [-0.05, 0) is 12.1 Å². The Hall–Kier alpha value is -1.82. The van der Waals surface area contributed by atoms with Crippen LogP contribution in [0.5, 0.6) is 0 Å². The van der Waals surface area contributed by atoms with E-state index in [0.717, 1.165) is 11.3 Å². The van der Waals surface area contributed by atoms with Crippen molar-refractivity contribution in [3.05, 3.63) is 35.8 Å². The van der Waals surface area contributed by atoms with Crippen LogP contribution < -0.4 is 0 Å². The lowest BCUT2D eigenvalue weighted by molar-refractivity contribution is 0.573. The molecule has 0 unspecified atom stereocenters. The fourth-order valence-electron chi connectivity index (χ4n) is 1.42. The summed E-state index contributed by atoms with van der Waals surface area (Å²) >= 11 is 0. The highest BCUT2D eigenvalue weighted by atomic mass is 15.0. The van der Waals surface area contributed by atoms with Crippen molar-refractivity contribution in [1.82, 2.24) is 9.38 Å². The van der Waals surface area contributed by atoms with Gasteiger partial charge in [0.1, 0.15) is 11.7 Å². The molecular weight excluding hydrogens is 186 g/mol. The third-order valence-corrected chi connectivity index (χ3v) is 2.35. The SMILES string of the molecule is CC(C)(C)c1cn2cc(C#N)ccc2n1. The number of hydrogen-bond acceptors (Lipinski definition) is 2. The Balaban J connectivity index is 2.62. The average molecular weight is 199 g/mol. The quantitative estimate of drug-likeness (QED) is 0.654. The molecule has 0 aliphatic carbocycles. The number of imidazole rings is 1. The standard InChI is InChI=1S/C12H13N3/c1-12(2,3)10-8-15-7-9(6-13)4-5-11(15)14-10/h4-5,7-8H,1-3H3. The first-order valence-corrected chi connectivity index (χ1v) is 4.90. The Kier molecular flexibility index (Phi) is 2.01. The molecule has 0 aliphatic rings. The summed E-state index contributed by atoms with van der Waals surface area (Å²) in [6, 6.07) is 5.77. The van der Waals surface area contributed by atoms with Crippen molar-refractivity contribution < 1.29 is 0 Å². The summed E-state index contributed by atoms with van der Waals surface area (Å²) in [5.41, 5.74) is 2.62. The van der Waals surface area contributed by atoms with E-state index in [1.165, 1.54) is 0 Å². The minimum Gasteiger partial charge on any atom is -0.305 e. The van der Waals surface area contributed by atoms with E-state index in [9.17, 15) is 0 Å². The number of aromatic nitrogens is 2. The first-order chi connectivity index (χ1) is 7.00. The number of rotatable bonds is 0. The highest BCUT2D eigenvalue weighted by Crippen LogP contribution is 2.21. The van der Waals surface area contributed by atoms with Gasteiger partial charge in [0.05, 0.1) is 11.3 Å². The van der Waals surface area contributed by atoms with E-state index in [0.29, 0.717) is 5.56 Å². The van der Waals surface area contributed by atoms with Crippen LogP contribution in [0.25, 0.3) is 5.65 Å². The van der Waals surface area contributed by atoms with Gasteiger partial charge >= 0.3 is 0 Å². The van der Waals surface area contributed by atoms with Gasteiger partial charge in [-0.2, -0.15) is 5.26 Å². The Morgan fingerprint density at radius 3 is 2.60 bits per heavy atom. The highest BCUT2D eigenvalue weighted by Gasteiger charge is 2.17. The molecule has 0 spiro atoms. The van der Waals surface area contributed by atoms with E-state index in [4.69, 9.17) is 5.26 Å². The van der Waals surface area contributed by atoms with Gasteiger partial charge < -0.3 is 4.40 Å².